The topological polar surface area (TPSA) is 63.6 Å². The summed E-state index contributed by atoms with van der Waals surface area (Å²) < 4.78 is 38.2. The Kier molecular flexibility index (Phi) is 5.02. The molecule has 4 rings (SSSR count). The number of esters is 1. The number of rotatable bonds is 2. The number of allylic oxidation sites excluding steroid dienone is 4. The van der Waals surface area contributed by atoms with E-state index in [0.29, 0.717) is 6.42 Å². The van der Waals surface area contributed by atoms with Gasteiger partial charge in [0.15, 0.2) is 11.5 Å². The summed E-state index contributed by atoms with van der Waals surface area (Å²) in [4.78, 5) is 24.1. The maximum absolute atomic E-state index is 17.0. The number of carbonyl (C=O) groups excluding carboxylic acids is 2. The lowest BCUT2D eigenvalue weighted by molar-refractivity contribution is -0.212. The Bertz CT molecular complexity index is 856. The van der Waals surface area contributed by atoms with Gasteiger partial charge in [0.1, 0.15) is 12.3 Å². The van der Waals surface area contributed by atoms with Crippen LogP contribution in [0, 0.1) is 28.6 Å². The molecule has 0 heterocycles. The molecule has 0 unspecified atom stereocenters. The SMILES string of the molecule is CCC(=O)O[C@@H]1[C@H](C)C[C@H]2[C@@H]3C[C@H](F)C4=C(Cl)C(=O)C=C[C@]4(C)[C@@]3(F)[C@@H](O)C[C@]12C. The van der Waals surface area contributed by atoms with E-state index in [9.17, 15) is 14.7 Å². The molecule has 0 aromatic heterocycles. The molecule has 4 aliphatic rings. The first-order valence-corrected chi connectivity index (χ1v) is 11.1. The van der Waals surface area contributed by atoms with E-state index >= 15 is 8.78 Å². The fraction of sp³-hybridized carbons (Fsp3) is 0.739. The lowest BCUT2D eigenvalue weighted by Gasteiger charge is -2.62. The van der Waals surface area contributed by atoms with Crippen molar-refractivity contribution in [2.75, 3.05) is 0 Å². The molecule has 166 valence electrons. The van der Waals surface area contributed by atoms with Crippen LogP contribution < -0.4 is 0 Å². The zero-order valence-corrected chi connectivity index (χ0v) is 18.5. The molecule has 1 N–H and O–H groups in total. The van der Waals surface area contributed by atoms with E-state index in [-0.39, 0.29) is 47.7 Å². The molecule has 0 amide bonds. The van der Waals surface area contributed by atoms with Gasteiger partial charge in [0, 0.05) is 23.2 Å². The van der Waals surface area contributed by atoms with Crippen LogP contribution in [-0.4, -0.2) is 40.9 Å². The molecular formula is C23H29ClF2O4. The Morgan fingerprint density at radius 1 is 1.33 bits per heavy atom. The quantitative estimate of drug-likeness (QED) is 0.642. The molecule has 3 saturated carbocycles. The molecule has 4 aliphatic carbocycles. The third-order valence-corrected chi connectivity index (χ3v) is 8.87. The van der Waals surface area contributed by atoms with Gasteiger partial charge in [0.25, 0.3) is 0 Å². The average molecular weight is 443 g/mol. The highest BCUT2D eigenvalue weighted by Gasteiger charge is 2.73. The van der Waals surface area contributed by atoms with Crippen LogP contribution in [0.25, 0.3) is 0 Å². The van der Waals surface area contributed by atoms with Crippen molar-refractivity contribution in [1.29, 1.82) is 0 Å². The minimum absolute atomic E-state index is 0.0279. The van der Waals surface area contributed by atoms with Crippen LogP contribution in [0.4, 0.5) is 8.78 Å². The highest BCUT2D eigenvalue weighted by atomic mass is 35.5. The smallest absolute Gasteiger partial charge is 0.305 e. The fourth-order valence-electron chi connectivity index (χ4n) is 7.10. The number of aliphatic hydroxyl groups is 1. The Morgan fingerprint density at radius 3 is 2.63 bits per heavy atom. The van der Waals surface area contributed by atoms with E-state index in [1.165, 1.54) is 19.1 Å². The van der Waals surface area contributed by atoms with Crippen LogP contribution in [0.3, 0.4) is 0 Å². The van der Waals surface area contributed by atoms with Crippen molar-refractivity contribution in [2.24, 2.45) is 28.6 Å². The first kappa shape index (κ1) is 21.9. The van der Waals surface area contributed by atoms with Crippen molar-refractivity contribution in [3.63, 3.8) is 0 Å². The van der Waals surface area contributed by atoms with Gasteiger partial charge in [-0.15, -0.1) is 0 Å². The van der Waals surface area contributed by atoms with Gasteiger partial charge in [-0.25, -0.2) is 8.78 Å². The monoisotopic (exact) mass is 442 g/mol. The molecular weight excluding hydrogens is 414 g/mol. The van der Waals surface area contributed by atoms with Gasteiger partial charge in [-0.05, 0) is 49.7 Å². The van der Waals surface area contributed by atoms with Crippen molar-refractivity contribution in [1.82, 2.24) is 0 Å². The number of carbonyl (C=O) groups is 2. The van der Waals surface area contributed by atoms with Crippen LogP contribution >= 0.6 is 11.6 Å². The lowest BCUT2D eigenvalue weighted by atomic mass is 9.45. The normalized spacial score (nSPS) is 50.1. The molecule has 0 aromatic rings. The molecule has 3 fully saturated rings. The number of hydrogen-bond acceptors (Lipinski definition) is 4. The highest BCUT2D eigenvalue weighted by molar-refractivity contribution is 6.45. The van der Waals surface area contributed by atoms with Crippen LogP contribution in [0.15, 0.2) is 22.8 Å². The van der Waals surface area contributed by atoms with Crippen molar-refractivity contribution < 1.29 is 28.2 Å². The molecule has 0 saturated heterocycles. The van der Waals surface area contributed by atoms with Gasteiger partial charge in [-0.1, -0.05) is 38.4 Å². The molecule has 0 aromatic carbocycles. The second-order valence-electron chi connectivity index (χ2n) is 10.0. The summed E-state index contributed by atoms with van der Waals surface area (Å²) in [6.45, 7) is 7.13. The summed E-state index contributed by atoms with van der Waals surface area (Å²) in [6, 6.07) is 0. The van der Waals surface area contributed by atoms with Gasteiger partial charge in [0.05, 0.1) is 11.1 Å². The molecule has 0 radical (unpaired) electrons. The number of ketones is 1. The predicted octanol–water partition coefficient (Wildman–Crippen LogP) is 4.44. The Hall–Kier alpha value is -1.27. The van der Waals surface area contributed by atoms with Gasteiger partial charge < -0.3 is 9.84 Å². The lowest BCUT2D eigenvalue weighted by Crippen LogP contribution is -2.68. The zero-order chi connectivity index (χ0) is 22.2. The summed E-state index contributed by atoms with van der Waals surface area (Å²) in [6.07, 6.45) is -0.116. The summed E-state index contributed by atoms with van der Waals surface area (Å²) >= 11 is 6.16. The fourth-order valence-corrected chi connectivity index (χ4v) is 7.47. The number of hydrogen-bond donors (Lipinski definition) is 1. The second kappa shape index (κ2) is 6.86. The maximum Gasteiger partial charge on any atom is 0.305 e. The van der Waals surface area contributed by atoms with E-state index in [4.69, 9.17) is 16.3 Å². The first-order chi connectivity index (χ1) is 13.9. The molecule has 9 atom stereocenters. The molecule has 0 bridgehead atoms. The van der Waals surface area contributed by atoms with Gasteiger partial charge >= 0.3 is 5.97 Å². The number of ether oxygens (including phenoxy) is 1. The molecule has 7 heteroatoms. The minimum atomic E-state index is -2.17. The Balaban J connectivity index is 1.81. The number of halogens is 3. The van der Waals surface area contributed by atoms with E-state index in [2.05, 4.69) is 0 Å². The maximum atomic E-state index is 17.0. The number of fused-ring (bicyclic) bond motifs is 5. The number of alkyl halides is 2. The van der Waals surface area contributed by atoms with Crippen molar-refractivity contribution in [2.45, 2.75) is 77.4 Å². The summed E-state index contributed by atoms with van der Waals surface area (Å²) in [5.41, 5.74) is -4.39. The molecule has 4 nitrogen and oxygen atoms in total. The molecule has 0 aliphatic heterocycles. The van der Waals surface area contributed by atoms with E-state index in [1.54, 1.807) is 6.92 Å². The predicted molar refractivity (Wildman–Crippen MR) is 108 cm³/mol. The largest absolute Gasteiger partial charge is 0.461 e. The van der Waals surface area contributed by atoms with Gasteiger partial charge in [-0.3, -0.25) is 9.59 Å². The standard InChI is InChI=1S/C23H29ClF2O4/c1-5-17(29)30-20-11(2)8-12-13-9-14(25)18-19(24)15(27)6-7-22(18,4)23(13,26)16(28)10-21(12,20)3/h6-7,11-14,16,20,28H,5,8-10H2,1-4H3/t11-,12+,13+,14+,16+,20-,21+,22+,23+/m1/s1. The minimum Gasteiger partial charge on any atom is -0.461 e. The molecule has 30 heavy (non-hydrogen) atoms. The van der Waals surface area contributed by atoms with Crippen molar-refractivity contribution in [3.05, 3.63) is 22.8 Å². The number of aliphatic hydroxyl groups excluding tert-OH is 1. The second-order valence-corrected chi connectivity index (χ2v) is 10.4. The van der Waals surface area contributed by atoms with E-state index in [0.717, 1.165) is 0 Å². The summed E-state index contributed by atoms with van der Waals surface area (Å²) in [7, 11) is 0. The molecule has 0 spiro atoms. The van der Waals surface area contributed by atoms with E-state index in [1.807, 2.05) is 13.8 Å². The van der Waals surface area contributed by atoms with Crippen molar-refractivity contribution in [3.8, 4) is 0 Å². The third kappa shape index (κ3) is 2.59. The van der Waals surface area contributed by atoms with Crippen molar-refractivity contribution >= 4 is 23.4 Å². The first-order valence-electron chi connectivity index (χ1n) is 10.8. The average Bonchev–Trinajstić information content (AvgIpc) is 2.92. The van der Waals surface area contributed by atoms with Crippen LogP contribution in [0.1, 0.15) is 53.4 Å². The third-order valence-electron chi connectivity index (χ3n) is 8.48. The highest BCUT2D eigenvalue weighted by Crippen LogP contribution is 2.69. The van der Waals surface area contributed by atoms with Gasteiger partial charge in [0.2, 0.25) is 0 Å². The zero-order valence-electron chi connectivity index (χ0n) is 17.8. The Labute approximate surface area is 180 Å². The summed E-state index contributed by atoms with van der Waals surface area (Å²) in [5, 5.41) is 10.9. The Morgan fingerprint density at radius 2 is 2.00 bits per heavy atom. The van der Waals surface area contributed by atoms with E-state index < -0.39 is 46.6 Å². The summed E-state index contributed by atoms with van der Waals surface area (Å²) in [5.74, 6) is -1.95. The van der Waals surface area contributed by atoms with Crippen LogP contribution in [-0.2, 0) is 14.3 Å². The van der Waals surface area contributed by atoms with Crippen LogP contribution in [0.5, 0.6) is 0 Å². The van der Waals surface area contributed by atoms with Gasteiger partial charge in [-0.2, -0.15) is 0 Å². The van der Waals surface area contributed by atoms with Crippen LogP contribution in [0.2, 0.25) is 0 Å².